The molecule has 1 atom stereocenters. The fraction of sp³-hybridized carbons (Fsp3) is 0.450. The van der Waals surface area contributed by atoms with Gasteiger partial charge in [-0.1, -0.05) is 23.8 Å². The number of aryl methyl sites for hydroxylation is 2. The van der Waals surface area contributed by atoms with Crippen LogP contribution in [0.15, 0.2) is 24.3 Å². The number of carbonyl (C=O) groups excluding carboxylic acids is 1. The first kappa shape index (κ1) is 17.2. The van der Waals surface area contributed by atoms with Crippen LogP contribution >= 0.6 is 11.3 Å². The lowest BCUT2D eigenvalue weighted by atomic mass is 10.0. The van der Waals surface area contributed by atoms with Crippen molar-refractivity contribution in [1.82, 2.24) is 10.2 Å². The highest BCUT2D eigenvalue weighted by molar-refractivity contribution is 7.14. The molecule has 1 aliphatic rings. The molecule has 0 radical (unpaired) electrons. The number of hydrogen-bond donors (Lipinski definition) is 1. The van der Waals surface area contributed by atoms with E-state index >= 15 is 0 Å². The number of amides is 1. The van der Waals surface area contributed by atoms with Crippen LogP contribution in [0.3, 0.4) is 0 Å². The number of benzene rings is 1. The number of carbonyl (C=O) groups is 1. The van der Waals surface area contributed by atoms with E-state index in [1.54, 1.807) is 11.3 Å². The van der Waals surface area contributed by atoms with Crippen LogP contribution in [0, 0.1) is 13.8 Å². The number of fused-ring (bicyclic) bond motifs is 1. The molecule has 1 N–H and O–H groups in total. The van der Waals surface area contributed by atoms with Gasteiger partial charge in [0.15, 0.2) is 0 Å². The molecule has 4 heteroatoms. The van der Waals surface area contributed by atoms with E-state index < -0.39 is 0 Å². The second kappa shape index (κ2) is 6.69. The van der Waals surface area contributed by atoms with Crippen LogP contribution in [0.5, 0.6) is 0 Å². The van der Waals surface area contributed by atoms with Gasteiger partial charge in [0.2, 0.25) is 0 Å². The van der Waals surface area contributed by atoms with Crippen LogP contribution in [-0.4, -0.2) is 16.8 Å². The largest absolute Gasteiger partial charge is 0.345 e. The normalized spacial score (nSPS) is 15.6. The molecule has 1 aromatic carbocycles. The molecule has 0 aliphatic carbocycles. The second-order valence-electron chi connectivity index (χ2n) is 7.11. The maximum absolute atomic E-state index is 12.6. The van der Waals surface area contributed by atoms with Crippen molar-refractivity contribution in [1.29, 1.82) is 0 Å². The Morgan fingerprint density at radius 2 is 1.92 bits per heavy atom. The Morgan fingerprint density at radius 1 is 1.17 bits per heavy atom. The maximum atomic E-state index is 12.6. The van der Waals surface area contributed by atoms with Gasteiger partial charge < -0.3 is 5.32 Å². The lowest BCUT2D eigenvalue weighted by Crippen LogP contribution is -2.27. The molecule has 3 nitrogen and oxygen atoms in total. The minimum absolute atomic E-state index is 0.0159. The van der Waals surface area contributed by atoms with Gasteiger partial charge in [-0.15, -0.1) is 11.3 Å². The third-order valence-corrected chi connectivity index (χ3v) is 5.97. The van der Waals surface area contributed by atoms with Crippen LogP contribution in [-0.2, 0) is 13.1 Å². The molecule has 2 aromatic rings. The van der Waals surface area contributed by atoms with Crippen molar-refractivity contribution in [2.24, 2.45) is 0 Å². The maximum Gasteiger partial charge on any atom is 0.261 e. The average Bonchev–Trinajstić information content (AvgIpc) is 3.05. The molecule has 0 saturated heterocycles. The molecule has 1 aromatic heterocycles. The monoisotopic (exact) mass is 342 g/mol. The van der Waals surface area contributed by atoms with E-state index in [2.05, 4.69) is 69.1 Å². The summed E-state index contributed by atoms with van der Waals surface area (Å²) < 4.78 is 0. The molecule has 24 heavy (non-hydrogen) atoms. The summed E-state index contributed by atoms with van der Waals surface area (Å²) in [5.41, 5.74) is 4.98. The lowest BCUT2D eigenvalue weighted by Gasteiger charge is -2.19. The summed E-state index contributed by atoms with van der Waals surface area (Å²) in [4.78, 5) is 17.2. The molecule has 1 aliphatic heterocycles. The van der Waals surface area contributed by atoms with Crippen LogP contribution in [0.2, 0.25) is 0 Å². The van der Waals surface area contributed by atoms with E-state index in [0.717, 1.165) is 18.0 Å². The van der Waals surface area contributed by atoms with Crippen LogP contribution in [0.25, 0.3) is 0 Å². The fourth-order valence-corrected chi connectivity index (χ4v) is 4.43. The van der Waals surface area contributed by atoms with E-state index in [9.17, 15) is 4.79 Å². The van der Waals surface area contributed by atoms with Gasteiger partial charge >= 0.3 is 0 Å². The number of hydrogen-bond acceptors (Lipinski definition) is 3. The van der Waals surface area contributed by atoms with Crippen molar-refractivity contribution in [3.63, 3.8) is 0 Å². The van der Waals surface area contributed by atoms with Crippen molar-refractivity contribution in [2.75, 3.05) is 0 Å². The highest BCUT2D eigenvalue weighted by Crippen LogP contribution is 2.32. The summed E-state index contributed by atoms with van der Waals surface area (Å²) in [6.45, 7) is 12.6. The zero-order valence-electron chi connectivity index (χ0n) is 15.1. The van der Waals surface area contributed by atoms with Crippen molar-refractivity contribution in [3.05, 3.63) is 56.3 Å². The standard InChI is InChI=1S/C20H26N2OS/c1-12(2)22-10-16-9-18(24-19(16)11-22)20(23)21-15(5)17-7-6-13(3)8-14(17)4/h6-9,12,15H,10-11H2,1-5H3,(H,21,23). The Kier molecular flexibility index (Phi) is 4.79. The summed E-state index contributed by atoms with van der Waals surface area (Å²) in [7, 11) is 0. The second-order valence-corrected chi connectivity index (χ2v) is 8.25. The summed E-state index contributed by atoms with van der Waals surface area (Å²) in [5, 5.41) is 3.15. The predicted molar refractivity (Wildman–Crippen MR) is 100 cm³/mol. The average molecular weight is 343 g/mol. The minimum Gasteiger partial charge on any atom is -0.345 e. The molecule has 3 rings (SSSR count). The molecular formula is C20H26N2OS. The van der Waals surface area contributed by atoms with Crippen molar-refractivity contribution in [3.8, 4) is 0 Å². The molecule has 0 saturated carbocycles. The third-order valence-electron chi connectivity index (χ3n) is 4.81. The molecule has 0 spiro atoms. The SMILES string of the molecule is Cc1ccc(C(C)NC(=O)c2cc3c(s2)CN(C(C)C)C3)c(C)c1. The van der Waals surface area contributed by atoms with Crippen LogP contribution < -0.4 is 5.32 Å². The summed E-state index contributed by atoms with van der Waals surface area (Å²) in [6.07, 6.45) is 0. The fourth-order valence-electron chi connectivity index (χ4n) is 3.33. The third kappa shape index (κ3) is 3.40. The smallest absolute Gasteiger partial charge is 0.261 e. The van der Waals surface area contributed by atoms with Crippen LogP contribution in [0.4, 0.5) is 0 Å². The first-order valence-corrected chi connectivity index (χ1v) is 9.40. The van der Waals surface area contributed by atoms with Gasteiger partial charge in [-0.05, 0) is 57.4 Å². The summed E-state index contributed by atoms with van der Waals surface area (Å²) in [6, 6.07) is 9.02. The molecule has 2 heterocycles. The summed E-state index contributed by atoms with van der Waals surface area (Å²) >= 11 is 1.64. The summed E-state index contributed by atoms with van der Waals surface area (Å²) in [5.74, 6) is 0.0398. The van der Waals surface area contributed by atoms with Crippen LogP contribution in [0.1, 0.15) is 63.6 Å². The van der Waals surface area contributed by atoms with Gasteiger partial charge in [0.25, 0.3) is 5.91 Å². The Bertz CT molecular complexity index is 739. The quantitative estimate of drug-likeness (QED) is 0.882. The number of nitrogens with zero attached hydrogens (tertiary/aromatic N) is 1. The van der Waals surface area contributed by atoms with E-state index in [1.165, 1.54) is 27.1 Å². The van der Waals surface area contributed by atoms with Gasteiger partial charge in [-0.2, -0.15) is 0 Å². The minimum atomic E-state index is 0.0159. The Balaban J connectivity index is 1.69. The first-order chi connectivity index (χ1) is 11.3. The topological polar surface area (TPSA) is 32.3 Å². The van der Waals surface area contributed by atoms with Crippen molar-refractivity contribution < 1.29 is 4.79 Å². The van der Waals surface area contributed by atoms with E-state index in [0.29, 0.717) is 6.04 Å². The lowest BCUT2D eigenvalue weighted by molar-refractivity contribution is 0.0943. The van der Waals surface area contributed by atoms with E-state index in [4.69, 9.17) is 0 Å². The first-order valence-electron chi connectivity index (χ1n) is 8.58. The molecule has 1 amide bonds. The molecule has 128 valence electrons. The highest BCUT2D eigenvalue weighted by atomic mass is 32.1. The van der Waals surface area contributed by atoms with Gasteiger partial charge in [0.1, 0.15) is 0 Å². The number of rotatable bonds is 4. The molecular weight excluding hydrogens is 316 g/mol. The van der Waals surface area contributed by atoms with E-state index in [-0.39, 0.29) is 11.9 Å². The zero-order valence-corrected chi connectivity index (χ0v) is 16.0. The zero-order chi connectivity index (χ0) is 17.4. The van der Waals surface area contributed by atoms with E-state index in [1.807, 2.05) is 0 Å². The highest BCUT2D eigenvalue weighted by Gasteiger charge is 2.25. The van der Waals surface area contributed by atoms with Gasteiger partial charge in [0.05, 0.1) is 10.9 Å². The van der Waals surface area contributed by atoms with Crippen molar-refractivity contribution in [2.45, 2.75) is 59.8 Å². The predicted octanol–water partition coefficient (Wildman–Crippen LogP) is 4.58. The van der Waals surface area contributed by atoms with Crippen molar-refractivity contribution >= 4 is 17.2 Å². The molecule has 1 unspecified atom stereocenters. The Morgan fingerprint density at radius 3 is 2.54 bits per heavy atom. The number of nitrogens with one attached hydrogen (secondary N) is 1. The number of thiophene rings is 1. The molecule has 0 bridgehead atoms. The molecule has 0 fully saturated rings. The van der Waals surface area contributed by atoms with Gasteiger partial charge in [0, 0.05) is 24.0 Å². The Labute approximate surface area is 148 Å². The van der Waals surface area contributed by atoms with Gasteiger partial charge in [-0.3, -0.25) is 9.69 Å². The Hall–Kier alpha value is -1.65. The van der Waals surface area contributed by atoms with Gasteiger partial charge in [-0.25, -0.2) is 0 Å².